The molecule has 0 atom stereocenters. The number of aromatic hydroxyl groups is 1. The maximum Gasteiger partial charge on any atom is 0.263 e. The fraction of sp³-hybridized carbons (Fsp3) is 0.0526. The van der Waals surface area contributed by atoms with Crippen LogP contribution in [0.4, 0.5) is 22.2 Å². The summed E-state index contributed by atoms with van der Waals surface area (Å²) >= 11 is 6.35. The van der Waals surface area contributed by atoms with Gasteiger partial charge in [0.2, 0.25) is 5.00 Å². The molecule has 4 aromatic rings. The third kappa shape index (κ3) is 4.69. The van der Waals surface area contributed by atoms with Crippen molar-refractivity contribution in [2.24, 2.45) is 10.2 Å². The number of azo groups is 1. The third-order valence-corrected chi connectivity index (χ3v) is 6.77. The van der Waals surface area contributed by atoms with Gasteiger partial charge in [0.1, 0.15) is 6.26 Å². The molecule has 0 saturated carbocycles. The van der Waals surface area contributed by atoms with Crippen molar-refractivity contribution >= 4 is 55.8 Å². The van der Waals surface area contributed by atoms with Gasteiger partial charge in [-0.05, 0) is 55.5 Å². The molecule has 0 amide bonds. The van der Waals surface area contributed by atoms with Gasteiger partial charge in [-0.1, -0.05) is 34.7 Å². The second-order valence-corrected chi connectivity index (χ2v) is 9.76. The number of rotatable bonds is 7. The average molecular weight is 489 g/mol. The maximum atomic E-state index is 12.5. The highest BCUT2D eigenvalue weighted by Gasteiger charge is 2.17. The van der Waals surface area contributed by atoms with E-state index in [0.29, 0.717) is 15.2 Å². The van der Waals surface area contributed by atoms with Gasteiger partial charge in [-0.15, -0.1) is 10.2 Å². The van der Waals surface area contributed by atoms with Crippen LogP contribution in [0.5, 0.6) is 5.88 Å². The van der Waals surface area contributed by atoms with Gasteiger partial charge < -0.3 is 9.63 Å². The molecule has 3 N–H and O–H groups in total. The first-order valence-corrected chi connectivity index (χ1v) is 11.8. The molecule has 0 spiro atoms. The summed E-state index contributed by atoms with van der Waals surface area (Å²) < 4.78 is 33.7. The number of aromatic nitrogens is 2. The lowest BCUT2D eigenvalue weighted by atomic mass is 10.3. The molecule has 0 aliphatic rings. The zero-order valence-electron chi connectivity index (χ0n) is 16.5. The van der Waals surface area contributed by atoms with Crippen LogP contribution in [0.15, 0.2) is 80.5 Å². The predicted octanol–water partition coefficient (Wildman–Crippen LogP) is 5.37. The van der Waals surface area contributed by atoms with Gasteiger partial charge in [0, 0.05) is 5.56 Å². The molecular weight excluding hydrogens is 472 g/mol. The molecule has 10 nitrogen and oxygen atoms in total. The summed E-state index contributed by atoms with van der Waals surface area (Å²) in [5.41, 5.74) is 4.69. The number of anilines is 2. The smallest absolute Gasteiger partial charge is 0.263 e. The minimum atomic E-state index is -3.84. The number of thiazole rings is 1. The highest BCUT2D eigenvalue weighted by atomic mass is 32.2. The second-order valence-electron chi connectivity index (χ2n) is 6.46. The van der Waals surface area contributed by atoms with Gasteiger partial charge in [0.25, 0.3) is 15.9 Å². The van der Waals surface area contributed by atoms with Crippen LogP contribution in [0.2, 0.25) is 0 Å². The standard InChI is InChI=1S/C19H16N6O4S3/c1-12-11-29-23-16(12)24-32(27,28)15-9-7-13(8-10-15)20-21-17-18(26)25(19(30)31-17)22-14-5-3-2-4-6-14/h2-11,22,26H,1H3,(H,23,24). The van der Waals surface area contributed by atoms with E-state index in [-0.39, 0.29) is 21.6 Å². The SMILES string of the molecule is Cc1conc1NS(=O)(=O)c1ccc(N=Nc2sc(=S)n(Nc3ccccc3)c2O)cc1. The number of aryl methyl sites for hydroxylation is 1. The van der Waals surface area contributed by atoms with E-state index < -0.39 is 10.0 Å². The Morgan fingerprint density at radius 1 is 1.12 bits per heavy atom. The predicted molar refractivity (Wildman–Crippen MR) is 123 cm³/mol. The summed E-state index contributed by atoms with van der Waals surface area (Å²) in [6.07, 6.45) is 1.34. The van der Waals surface area contributed by atoms with E-state index in [1.165, 1.54) is 35.2 Å². The van der Waals surface area contributed by atoms with Gasteiger partial charge in [-0.2, -0.15) is 0 Å². The van der Waals surface area contributed by atoms with E-state index in [2.05, 4.69) is 25.5 Å². The monoisotopic (exact) mass is 488 g/mol. The molecule has 164 valence electrons. The minimum Gasteiger partial charge on any atom is -0.491 e. The molecule has 0 aliphatic heterocycles. The molecule has 4 rings (SSSR count). The molecule has 2 heterocycles. The zero-order valence-corrected chi connectivity index (χ0v) is 18.9. The van der Waals surface area contributed by atoms with Gasteiger partial charge in [-0.3, -0.25) is 10.1 Å². The first-order valence-electron chi connectivity index (χ1n) is 9.06. The normalized spacial score (nSPS) is 11.7. The molecular formula is C19H16N6O4S3. The fourth-order valence-corrected chi connectivity index (χ4v) is 4.61. The number of nitrogens with one attached hydrogen (secondary N) is 2. The Morgan fingerprint density at radius 3 is 2.50 bits per heavy atom. The summed E-state index contributed by atoms with van der Waals surface area (Å²) in [5.74, 6) is -0.0574. The Labute approximate surface area is 191 Å². The first kappa shape index (κ1) is 21.7. The minimum absolute atomic E-state index is 0.0237. The molecule has 0 radical (unpaired) electrons. The Hall–Kier alpha value is -3.55. The molecule has 2 aromatic carbocycles. The highest BCUT2D eigenvalue weighted by Crippen LogP contribution is 2.35. The van der Waals surface area contributed by atoms with Gasteiger partial charge in [0.05, 0.1) is 16.3 Å². The van der Waals surface area contributed by atoms with Crippen LogP contribution in [-0.2, 0) is 10.0 Å². The van der Waals surface area contributed by atoms with E-state index in [4.69, 9.17) is 16.7 Å². The summed E-state index contributed by atoms with van der Waals surface area (Å²) in [4.78, 5) is 0.0237. The summed E-state index contributed by atoms with van der Waals surface area (Å²) in [6.45, 7) is 1.67. The van der Waals surface area contributed by atoms with Crippen LogP contribution < -0.4 is 10.1 Å². The van der Waals surface area contributed by atoms with E-state index in [9.17, 15) is 13.5 Å². The lowest BCUT2D eigenvalue weighted by Crippen LogP contribution is -2.13. The average Bonchev–Trinajstić information content (AvgIpc) is 3.30. The van der Waals surface area contributed by atoms with Crippen LogP contribution >= 0.6 is 23.6 Å². The van der Waals surface area contributed by atoms with Crippen molar-refractivity contribution in [1.29, 1.82) is 0 Å². The van der Waals surface area contributed by atoms with Gasteiger partial charge in [-0.25, -0.2) is 13.1 Å². The van der Waals surface area contributed by atoms with Crippen molar-refractivity contribution in [2.45, 2.75) is 11.8 Å². The van der Waals surface area contributed by atoms with Crippen molar-refractivity contribution in [1.82, 2.24) is 9.83 Å². The Kier molecular flexibility index (Phi) is 6.03. The van der Waals surface area contributed by atoms with Crippen molar-refractivity contribution < 1.29 is 18.0 Å². The Morgan fingerprint density at radius 2 is 1.84 bits per heavy atom. The van der Waals surface area contributed by atoms with Gasteiger partial charge in [0.15, 0.2) is 9.77 Å². The van der Waals surface area contributed by atoms with Crippen molar-refractivity contribution in [3.05, 3.63) is 70.4 Å². The largest absolute Gasteiger partial charge is 0.491 e. The molecule has 0 unspecified atom stereocenters. The second kappa shape index (κ2) is 8.90. The lowest BCUT2D eigenvalue weighted by Gasteiger charge is -2.07. The molecule has 0 bridgehead atoms. The number of para-hydroxylation sites is 1. The number of benzene rings is 2. The molecule has 0 aliphatic carbocycles. The lowest BCUT2D eigenvalue weighted by molar-refractivity contribution is 0.422. The van der Waals surface area contributed by atoms with E-state index >= 15 is 0 Å². The molecule has 2 aromatic heterocycles. The summed E-state index contributed by atoms with van der Waals surface area (Å²) in [5, 5.41) is 22.4. The van der Waals surface area contributed by atoms with Crippen molar-refractivity contribution in [2.75, 3.05) is 10.1 Å². The topological polar surface area (TPSA) is 134 Å². The quantitative estimate of drug-likeness (QED) is 0.235. The number of hydrogen-bond acceptors (Lipinski definition) is 10. The van der Waals surface area contributed by atoms with Crippen LogP contribution in [0, 0.1) is 10.9 Å². The van der Waals surface area contributed by atoms with E-state index in [1.807, 2.05) is 30.3 Å². The highest BCUT2D eigenvalue weighted by molar-refractivity contribution is 7.92. The number of nitrogens with zero attached hydrogens (tertiary/aromatic N) is 4. The molecule has 13 heteroatoms. The summed E-state index contributed by atoms with van der Waals surface area (Å²) in [7, 11) is -3.84. The number of hydrogen-bond donors (Lipinski definition) is 3. The molecule has 0 fully saturated rings. The Bertz CT molecular complexity index is 1420. The van der Waals surface area contributed by atoms with E-state index in [1.54, 1.807) is 6.92 Å². The zero-order chi connectivity index (χ0) is 22.7. The van der Waals surface area contributed by atoms with E-state index in [0.717, 1.165) is 17.0 Å². The molecule has 0 saturated heterocycles. The van der Waals surface area contributed by atoms with Crippen molar-refractivity contribution in [3.63, 3.8) is 0 Å². The maximum absolute atomic E-state index is 12.5. The fourth-order valence-electron chi connectivity index (χ4n) is 2.53. The van der Waals surface area contributed by atoms with Crippen LogP contribution in [0.25, 0.3) is 0 Å². The number of sulfonamides is 1. The van der Waals surface area contributed by atoms with Crippen molar-refractivity contribution in [3.8, 4) is 5.88 Å². The summed E-state index contributed by atoms with van der Waals surface area (Å²) in [6, 6.07) is 15.0. The van der Waals surface area contributed by atoms with Crippen LogP contribution in [0.3, 0.4) is 0 Å². The van der Waals surface area contributed by atoms with Gasteiger partial charge >= 0.3 is 0 Å². The third-order valence-electron chi connectivity index (χ3n) is 4.17. The molecule has 32 heavy (non-hydrogen) atoms. The van der Waals surface area contributed by atoms with Crippen LogP contribution in [0.1, 0.15) is 5.56 Å². The Balaban J connectivity index is 1.50. The van der Waals surface area contributed by atoms with Crippen LogP contribution in [-0.4, -0.2) is 23.4 Å². The first-order chi connectivity index (χ1) is 15.3.